The largest absolute Gasteiger partial charge is 0.313 e. The Kier molecular flexibility index (Phi) is 5.95. The van der Waals surface area contributed by atoms with E-state index in [2.05, 4.69) is 10.3 Å². The van der Waals surface area contributed by atoms with E-state index < -0.39 is 10.8 Å². The lowest BCUT2D eigenvalue weighted by Gasteiger charge is -2.08. The molecule has 16 heavy (non-hydrogen) atoms. The maximum atomic E-state index is 11.8. The SMILES string of the molecule is Cl.O=S(Cc1ccccn1)CC1CCCN1. The number of aromatic nitrogens is 1. The number of halogens is 1. The Bertz CT molecular complexity index is 328. The van der Waals surface area contributed by atoms with Gasteiger partial charge in [-0.3, -0.25) is 9.19 Å². The Morgan fingerprint density at radius 2 is 2.38 bits per heavy atom. The fourth-order valence-corrected chi connectivity index (χ4v) is 3.18. The standard InChI is InChI=1S/C11H16N2OS.ClH/c14-15(9-11-5-3-7-13-11)8-10-4-1-2-6-12-10;/h1-2,4,6,11,13H,3,5,7-9H2;1H. The Morgan fingerprint density at radius 3 is 3.00 bits per heavy atom. The van der Waals surface area contributed by atoms with Crippen molar-refractivity contribution < 1.29 is 4.21 Å². The van der Waals surface area contributed by atoms with Gasteiger partial charge in [-0.2, -0.15) is 0 Å². The zero-order valence-electron chi connectivity index (χ0n) is 9.09. The van der Waals surface area contributed by atoms with Gasteiger partial charge in [0.1, 0.15) is 0 Å². The molecule has 90 valence electrons. The van der Waals surface area contributed by atoms with E-state index in [1.165, 1.54) is 6.42 Å². The highest BCUT2D eigenvalue weighted by Crippen LogP contribution is 2.08. The van der Waals surface area contributed by atoms with Crippen molar-refractivity contribution in [3.8, 4) is 0 Å². The average molecular weight is 261 g/mol. The zero-order valence-corrected chi connectivity index (χ0v) is 10.7. The quantitative estimate of drug-likeness (QED) is 0.892. The Labute approximate surface area is 105 Å². The molecule has 5 heteroatoms. The lowest BCUT2D eigenvalue weighted by Crippen LogP contribution is -2.28. The zero-order chi connectivity index (χ0) is 10.5. The molecule has 0 amide bonds. The van der Waals surface area contributed by atoms with Gasteiger partial charge in [-0.1, -0.05) is 6.07 Å². The van der Waals surface area contributed by atoms with Gasteiger partial charge in [-0.05, 0) is 31.5 Å². The van der Waals surface area contributed by atoms with Crippen molar-refractivity contribution in [1.82, 2.24) is 10.3 Å². The van der Waals surface area contributed by atoms with Crippen molar-refractivity contribution in [2.45, 2.75) is 24.6 Å². The molecule has 0 aliphatic carbocycles. The minimum absolute atomic E-state index is 0. The molecule has 1 N–H and O–H groups in total. The number of hydrogen-bond acceptors (Lipinski definition) is 3. The van der Waals surface area contributed by atoms with Crippen molar-refractivity contribution in [2.24, 2.45) is 0 Å². The molecule has 0 radical (unpaired) electrons. The average Bonchev–Trinajstić information content (AvgIpc) is 2.71. The summed E-state index contributed by atoms with van der Waals surface area (Å²) in [6, 6.07) is 6.20. The van der Waals surface area contributed by atoms with Crippen molar-refractivity contribution in [2.75, 3.05) is 12.3 Å². The Hall–Kier alpha value is -0.450. The molecule has 1 aromatic rings. The monoisotopic (exact) mass is 260 g/mol. The molecule has 0 bridgehead atoms. The third-order valence-electron chi connectivity index (χ3n) is 2.58. The van der Waals surface area contributed by atoms with E-state index in [0.717, 1.165) is 24.4 Å². The summed E-state index contributed by atoms with van der Waals surface area (Å²) in [5, 5.41) is 3.36. The highest BCUT2D eigenvalue weighted by atomic mass is 35.5. The van der Waals surface area contributed by atoms with Gasteiger partial charge in [0.25, 0.3) is 0 Å². The van der Waals surface area contributed by atoms with E-state index in [1.54, 1.807) is 6.20 Å². The molecule has 0 saturated carbocycles. The molecule has 1 saturated heterocycles. The molecule has 1 fully saturated rings. The molecule has 0 spiro atoms. The molecule has 2 unspecified atom stereocenters. The third-order valence-corrected chi connectivity index (χ3v) is 3.98. The summed E-state index contributed by atoms with van der Waals surface area (Å²) in [6.07, 6.45) is 4.12. The van der Waals surface area contributed by atoms with E-state index in [4.69, 9.17) is 0 Å². The van der Waals surface area contributed by atoms with Gasteiger partial charge >= 0.3 is 0 Å². The molecule has 2 atom stereocenters. The molecular weight excluding hydrogens is 244 g/mol. The van der Waals surface area contributed by atoms with Crippen LogP contribution in [0.2, 0.25) is 0 Å². The second-order valence-electron chi connectivity index (χ2n) is 3.87. The summed E-state index contributed by atoms with van der Waals surface area (Å²) in [7, 11) is -0.786. The topological polar surface area (TPSA) is 42.0 Å². The normalized spacial score (nSPS) is 21.4. The van der Waals surface area contributed by atoms with Crippen LogP contribution in [0.25, 0.3) is 0 Å². The highest BCUT2D eigenvalue weighted by Gasteiger charge is 2.16. The molecule has 1 aliphatic heterocycles. The lowest BCUT2D eigenvalue weighted by molar-refractivity contribution is 0.642. The van der Waals surface area contributed by atoms with E-state index in [1.807, 2.05) is 18.2 Å². The number of nitrogens with one attached hydrogen (secondary N) is 1. The predicted molar refractivity (Wildman–Crippen MR) is 69.2 cm³/mol. The molecule has 3 nitrogen and oxygen atoms in total. The van der Waals surface area contributed by atoms with E-state index in [-0.39, 0.29) is 12.4 Å². The summed E-state index contributed by atoms with van der Waals surface area (Å²) in [5.74, 6) is 1.34. The van der Waals surface area contributed by atoms with Crippen molar-refractivity contribution in [3.05, 3.63) is 30.1 Å². The molecule has 1 aromatic heterocycles. The molecular formula is C11H17ClN2OS. The second kappa shape index (κ2) is 6.99. The summed E-state index contributed by atoms with van der Waals surface area (Å²) in [4.78, 5) is 4.18. The van der Waals surface area contributed by atoms with Gasteiger partial charge in [0.2, 0.25) is 0 Å². The molecule has 0 aromatic carbocycles. The summed E-state index contributed by atoms with van der Waals surface area (Å²) in [6.45, 7) is 1.07. The van der Waals surface area contributed by atoms with Crippen molar-refractivity contribution in [3.63, 3.8) is 0 Å². The van der Waals surface area contributed by atoms with Crippen LogP contribution in [0, 0.1) is 0 Å². The first kappa shape index (κ1) is 13.6. The van der Waals surface area contributed by atoms with Gasteiger partial charge in [0.15, 0.2) is 0 Å². The first-order valence-electron chi connectivity index (χ1n) is 5.33. The van der Waals surface area contributed by atoms with E-state index >= 15 is 0 Å². The van der Waals surface area contributed by atoms with Crippen LogP contribution in [0.5, 0.6) is 0 Å². The fourth-order valence-electron chi connectivity index (χ4n) is 1.83. The maximum absolute atomic E-state index is 11.8. The van der Waals surface area contributed by atoms with Gasteiger partial charge in [-0.25, -0.2) is 0 Å². The van der Waals surface area contributed by atoms with Crippen LogP contribution in [0.4, 0.5) is 0 Å². The smallest absolute Gasteiger partial charge is 0.0659 e. The second-order valence-corrected chi connectivity index (χ2v) is 5.37. The van der Waals surface area contributed by atoms with Gasteiger partial charge < -0.3 is 5.32 Å². The summed E-state index contributed by atoms with van der Waals surface area (Å²) >= 11 is 0. The van der Waals surface area contributed by atoms with Crippen LogP contribution >= 0.6 is 12.4 Å². The molecule has 2 rings (SSSR count). The first-order valence-corrected chi connectivity index (χ1v) is 6.81. The minimum atomic E-state index is -0.786. The Morgan fingerprint density at radius 1 is 1.50 bits per heavy atom. The first-order chi connectivity index (χ1) is 7.34. The van der Waals surface area contributed by atoms with E-state index in [0.29, 0.717) is 11.8 Å². The molecule has 1 aliphatic rings. The fraction of sp³-hybridized carbons (Fsp3) is 0.545. The van der Waals surface area contributed by atoms with Crippen molar-refractivity contribution in [1.29, 1.82) is 0 Å². The third kappa shape index (κ3) is 4.20. The predicted octanol–water partition coefficient (Wildman–Crippen LogP) is 1.50. The van der Waals surface area contributed by atoms with Crippen LogP contribution in [-0.4, -0.2) is 27.5 Å². The van der Waals surface area contributed by atoms with Gasteiger partial charge in [-0.15, -0.1) is 12.4 Å². The number of hydrogen-bond donors (Lipinski definition) is 1. The van der Waals surface area contributed by atoms with Gasteiger partial charge in [0.05, 0.1) is 11.4 Å². The summed E-state index contributed by atoms with van der Waals surface area (Å²) in [5.41, 5.74) is 0.925. The highest BCUT2D eigenvalue weighted by molar-refractivity contribution is 7.84. The minimum Gasteiger partial charge on any atom is -0.313 e. The van der Waals surface area contributed by atoms with Crippen LogP contribution in [0.3, 0.4) is 0 Å². The van der Waals surface area contributed by atoms with E-state index in [9.17, 15) is 4.21 Å². The lowest BCUT2D eigenvalue weighted by atomic mass is 10.3. The van der Waals surface area contributed by atoms with Crippen LogP contribution < -0.4 is 5.32 Å². The number of pyridine rings is 1. The molecule has 2 heterocycles. The summed E-state index contributed by atoms with van der Waals surface area (Å²) < 4.78 is 11.8. The van der Waals surface area contributed by atoms with Gasteiger partial charge in [0, 0.05) is 28.8 Å². The van der Waals surface area contributed by atoms with Crippen LogP contribution in [0.15, 0.2) is 24.4 Å². The van der Waals surface area contributed by atoms with Crippen molar-refractivity contribution >= 4 is 23.2 Å². The van der Waals surface area contributed by atoms with Crippen LogP contribution in [0.1, 0.15) is 18.5 Å². The maximum Gasteiger partial charge on any atom is 0.0659 e. The Balaban J connectivity index is 0.00000128. The van der Waals surface area contributed by atoms with Crippen LogP contribution in [-0.2, 0) is 16.6 Å². The number of rotatable bonds is 4. The number of nitrogens with zero attached hydrogens (tertiary/aromatic N) is 1.